The molecule has 0 bridgehead atoms. The van der Waals surface area contributed by atoms with Crippen LogP contribution in [0.1, 0.15) is 31.2 Å². The smallest absolute Gasteiger partial charge is 0.325 e. The highest BCUT2D eigenvalue weighted by atomic mass is 32.2. The van der Waals surface area contributed by atoms with Gasteiger partial charge in [-0.1, -0.05) is 0 Å². The molecule has 1 aromatic rings. The van der Waals surface area contributed by atoms with Crippen LogP contribution in [0.4, 0.5) is 0 Å². The molecule has 1 aliphatic rings. The van der Waals surface area contributed by atoms with E-state index in [0.29, 0.717) is 17.3 Å². The van der Waals surface area contributed by atoms with E-state index < -0.39 is 16.0 Å². The number of hydrogen-bond donors (Lipinski definition) is 1. The van der Waals surface area contributed by atoms with Crippen LogP contribution in [0.3, 0.4) is 0 Å². The molecule has 1 unspecified atom stereocenters. The number of carboxylic acid groups (broad SMARTS) is 1. The van der Waals surface area contributed by atoms with Crippen molar-refractivity contribution in [2.75, 3.05) is 7.05 Å². The molecule has 1 heterocycles. The molecule has 7 nitrogen and oxygen atoms in total. The number of aromatic nitrogens is 2. The quantitative estimate of drug-likeness (QED) is 0.845. The molecule has 21 heavy (non-hydrogen) atoms. The summed E-state index contributed by atoms with van der Waals surface area (Å²) < 4.78 is 28.1. The summed E-state index contributed by atoms with van der Waals surface area (Å²) in [5.74, 6) is -0.635. The lowest BCUT2D eigenvalue weighted by Crippen LogP contribution is -2.36. The molecular weight excluding hydrogens is 294 g/mol. The molecule has 1 fully saturated rings. The first-order valence-electron chi connectivity index (χ1n) is 6.90. The van der Waals surface area contributed by atoms with Crippen molar-refractivity contribution in [3.63, 3.8) is 0 Å². The van der Waals surface area contributed by atoms with E-state index in [4.69, 9.17) is 5.11 Å². The predicted octanol–water partition coefficient (Wildman–Crippen LogP) is 1.00. The Morgan fingerprint density at radius 2 is 2.05 bits per heavy atom. The topological polar surface area (TPSA) is 92.5 Å². The molecule has 0 radical (unpaired) electrons. The number of aryl methyl sites for hydroxylation is 1. The predicted molar refractivity (Wildman–Crippen MR) is 76.5 cm³/mol. The molecule has 1 N–H and O–H groups in total. The van der Waals surface area contributed by atoms with Gasteiger partial charge in [0.25, 0.3) is 0 Å². The molecule has 0 saturated heterocycles. The molecule has 0 spiro atoms. The number of sulfonamides is 1. The van der Waals surface area contributed by atoms with Gasteiger partial charge in [-0.05, 0) is 39.5 Å². The average Bonchev–Trinajstić information content (AvgIpc) is 3.15. The average molecular weight is 315 g/mol. The van der Waals surface area contributed by atoms with E-state index >= 15 is 0 Å². The monoisotopic (exact) mass is 315 g/mol. The Balaban J connectivity index is 2.39. The first kappa shape index (κ1) is 16.0. The Hall–Kier alpha value is -1.41. The summed E-state index contributed by atoms with van der Waals surface area (Å²) >= 11 is 0. The SMILES string of the molecule is Cc1nn(CC(=O)O)c(C)c1S(=O)(=O)N(C)C(C)C1CC1. The Morgan fingerprint density at radius 1 is 1.48 bits per heavy atom. The minimum atomic E-state index is -3.66. The molecule has 118 valence electrons. The van der Waals surface area contributed by atoms with Crippen LogP contribution >= 0.6 is 0 Å². The maximum absolute atomic E-state index is 12.8. The third-order valence-electron chi connectivity index (χ3n) is 4.11. The summed E-state index contributed by atoms with van der Waals surface area (Å²) in [6.45, 7) is 4.74. The molecule has 1 aliphatic carbocycles. The van der Waals surface area contributed by atoms with E-state index in [1.54, 1.807) is 20.9 Å². The normalized spacial score (nSPS) is 17.2. The molecule has 1 atom stereocenters. The lowest BCUT2D eigenvalue weighted by molar-refractivity contribution is -0.137. The lowest BCUT2D eigenvalue weighted by atomic mass is 10.2. The van der Waals surface area contributed by atoms with Gasteiger partial charge in [0.05, 0.1) is 11.4 Å². The minimum Gasteiger partial charge on any atom is -0.480 e. The number of nitrogens with zero attached hydrogens (tertiary/aromatic N) is 3. The summed E-state index contributed by atoms with van der Waals surface area (Å²) in [6.07, 6.45) is 2.11. The van der Waals surface area contributed by atoms with Crippen LogP contribution in [0.2, 0.25) is 0 Å². The Bertz CT molecular complexity index is 661. The highest BCUT2D eigenvalue weighted by Gasteiger charge is 2.38. The van der Waals surface area contributed by atoms with Crippen molar-refractivity contribution in [3.05, 3.63) is 11.4 Å². The van der Waals surface area contributed by atoms with Crippen molar-refractivity contribution in [2.45, 2.75) is 51.1 Å². The maximum atomic E-state index is 12.8. The summed E-state index contributed by atoms with van der Waals surface area (Å²) in [5, 5.41) is 12.9. The fourth-order valence-corrected chi connectivity index (χ4v) is 4.36. The van der Waals surface area contributed by atoms with E-state index in [1.807, 2.05) is 6.92 Å². The van der Waals surface area contributed by atoms with Crippen LogP contribution in [0, 0.1) is 19.8 Å². The van der Waals surface area contributed by atoms with E-state index in [-0.39, 0.29) is 17.5 Å². The van der Waals surface area contributed by atoms with Crippen molar-refractivity contribution >= 4 is 16.0 Å². The van der Waals surface area contributed by atoms with Gasteiger partial charge >= 0.3 is 5.97 Å². The number of carbonyl (C=O) groups is 1. The lowest BCUT2D eigenvalue weighted by Gasteiger charge is -2.24. The Morgan fingerprint density at radius 3 is 2.52 bits per heavy atom. The molecular formula is C13H21N3O4S. The van der Waals surface area contributed by atoms with Gasteiger partial charge in [-0.15, -0.1) is 0 Å². The van der Waals surface area contributed by atoms with Gasteiger partial charge in [0.1, 0.15) is 11.4 Å². The van der Waals surface area contributed by atoms with Crippen molar-refractivity contribution in [1.29, 1.82) is 0 Å². The fraction of sp³-hybridized carbons (Fsp3) is 0.692. The Kier molecular flexibility index (Phi) is 4.12. The minimum absolute atomic E-state index is 0.0587. The van der Waals surface area contributed by atoms with Crippen LogP contribution in [-0.2, 0) is 21.4 Å². The van der Waals surface area contributed by atoms with E-state index in [2.05, 4.69) is 5.10 Å². The van der Waals surface area contributed by atoms with Crippen LogP contribution in [-0.4, -0.2) is 46.7 Å². The molecule has 1 saturated carbocycles. The summed E-state index contributed by atoms with van der Waals surface area (Å²) in [5.41, 5.74) is 0.702. The van der Waals surface area contributed by atoms with E-state index in [9.17, 15) is 13.2 Å². The zero-order chi connectivity index (χ0) is 15.9. The highest BCUT2D eigenvalue weighted by Crippen LogP contribution is 2.37. The maximum Gasteiger partial charge on any atom is 0.325 e. The molecule has 1 aromatic heterocycles. The van der Waals surface area contributed by atoms with Gasteiger partial charge in [-0.2, -0.15) is 9.40 Å². The van der Waals surface area contributed by atoms with Gasteiger partial charge < -0.3 is 5.11 Å². The third kappa shape index (κ3) is 2.96. The van der Waals surface area contributed by atoms with Gasteiger partial charge in [-0.25, -0.2) is 8.42 Å². The molecule has 0 amide bonds. The number of rotatable bonds is 6. The fourth-order valence-electron chi connectivity index (χ4n) is 2.57. The van der Waals surface area contributed by atoms with Gasteiger partial charge in [0, 0.05) is 13.1 Å². The van der Waals surface area contributed by atoms with Crippen LogP contribution in [0.25, 0.3) is 0 Å². The van der Waals surface area contributed by atoms with Gasteiger partial charge in [0.15, 0.2) is 0 Å². The van der Waals surface area contributed by atoms with Crippen molar-refractivity contribution in [1.82, 2.24) is 14.1 Å². The second kappa shape index (κ2) is 5.42. The van der Waals surface area contributed by atoms with E-state index in [1.165, 1.54) is 8.99 Å². The van der Waals surface area contributed by atoms with Gasteiger partial charge in [0.2, 0.25) is 10.0 Å². The van der Waals surface area contributed by atoms with E-state index in [0.717, 1.165) is 12.8 Å². The Labute approximate surface area is 124 Å². The van der Waals surface area contributed by atoms with Crippen molar-refractivity contribution in [3.8, 4) is 0 Å². The molecule has 0 aliphatic heterocycles. The number of hydrogen-bond acceptors (Lipinski definition) is 4. The molecule has 0 aromatic carbocycles. The second-order valence-corrected chi connectivity index (χ2v) is 7.58. The third-order valence-corrected chi connectivity index (χ3v) is 6.31. The van der Waals surface area contributed by atoms with Crippen LogP contribution in [0.15, 0.2) is 4.90 Å². The zero-order valence-electron chi connectivity index (χ0n) is 12.7. The van der Waals surface area contributed by atoms with Crippen molar-refractivity contribution in [2.24, 2.45) is 5.92 Å². The summed E-state index contributed by atoms with van der Waals surface area (Å²) in [4.78, 5) is 10.9. The summed E-state index contributed by atoms with van der Waals surface area (Å²) in [6, 6.07) is -0.0587. The van der Waals surface area contributed by atoms with Crippen molar-refractivity contribution < 1.29 is 18.3 Å². The van der Waals surface area contributed by atoms with Crippen LogP contribution < -0.4 is 0 Å². The second-order valence-electron chi connectivity index (χ2n) is 5.65. The summed E-state index contributed by atoms with van der Waals surface area (Å²) in [7, 11) is -2.09. The zero-order valence-corrected chi connectivity index (χ0v) is 13.5. The number of carboxylic acids is 1. The molecule has 8 heteroatoms. The standard InChI is InChI=1S/C13H21N3O4S/c1-8-13(10(3)16(14-8)7-12(17)18)21(19,20)15(4)9(2)11-5-6-11/h9,11H,5-7H2,1-4H3,(H,17,18). The first-order chi connectivity index (χ1) is 9.66. The highest BCUT2D eigenvalue weighted by molar-refractivity contribution is 7.89. The largest absolute Gasteiger partial charge is 0.480 e. The number of aliphatic carboxylic acids is 1. The van der Waals surface area contributed by atoms with Gasteiger partial charge in [-0.3, -0.25) is 9.48 Å². The first-order valence-corrected chi connectivity index (χ1v) is 8.34. The van der Waals surface area contributed by atoms with Crippen LogP contribution in [0.5, 0.6) is 0 Å². The molecule has 2 rings (SSSR count).